The second kappa shape index (κ2) is 6.66. The van der Waals surface area contributed by atoms with Gasteiger partial charge in [0, 0.05) is 29.2 Å². The van der Waals surface area contributed by atoms with Crippen molar-refractivity contribution in [1.29, 1.82) is 0 Å². The SMILES string of the molecule is Brc1ccc(CNCCC2CCCO2)c2ncccc12. The Balaban J connectivity index is 1.61. The molecule has 20 heavy (non-hydrogen) atoms. The van der Waals surface area contributed by atoms with Gasteiger partial charge < -0.3 is 10.1 Å². The Kier molecular flexibility index (Phi) is 4.65. The average Bonchev–Trinajstić information content (AvgIpc) is 2.99. The minimum absolute atomic E-state index is 0.460. The Morgan fingerprint density at radius 1 is 1.35 bits per heavy atom. The minimum atomic E-state index is 0.460. The van der Waals surface area contributed by atoms with Gasteiger partial charge in [-0.05, 0) is 43.5 Å². The van der Waals surface area contributed by atoms with E-state index in [0.29, 0.717) is 6.10 Å². The fourth-order valence-corrected chi connectivity index (χ4v) is 3.15. The molecule has 1 aliphatic rings. The summed E-state index contributed by atoms with van der Waals surface area (Å²) in [6.45, 7) is 2.79. The van der Waals surface area contributed by atoms with Crippen LogP contribution in [0.25, 0.3) is 10.9 Å². The van der Waals surface area contributed by atoms with Crippen LogP contribution < -0.4 is 5.32 Å². The van der Waals surface area contributed by atoms with Crippen LogP contribution in [0.4, 0.5) is 0 Å². The molecule has 106 valence electrons. The predicted molar refractivity (Wildman–Crippen MR) is 84.7 cm³/mol. The summed E-state index contributed by atoms with van der Waals surface area (Å²) in [5.41, 5.74) is 2.32. The first-order valence-electron chi connectivity index (χ1n) is 7.19. The summed E-state index contributed by atoms with van der Waals surface area (Å²) in [5, 5.41) is 4.68. The van der Waals surface area contributed by atoms with Gasteiger partial charge in [-0.1, -0.05) is 28.1 Å². The van der Waals surface area contributed by atoms with Crippen LogP contribution in [-0.4, -0.2) is 24.2 Å². The summed E-state index contributed by atoms with van der Waals surface area (Å²) < 4.78 is 6.73. The third-order valence-electron chi connectivity index (χ3n) is 3.78. The van der Waals surface area contributed by atoms with E-state index in [2.05, 4.69) is 44.4 Å². The minimum Gasteiger partial charge on any atom is -0.378 e. The molecule has 1 aromatic carbocycles. The molecule has 2 aromatic rings. The summed E-state index contributed by atoms with van der Waals surface area (Å²) in [4.78, 5) is 4.50. The molecule has 0 saturated carbocycles. The highest BCUT2D eigenvalue weighted by Crippen LogP contribution is 2.25. The number of nitrogens with one attached hydrogen (secondary N) is 1. The lowest BCUT2D eigenvalue weighted by Gasteiger charge is -2.11. The normalized spacial score (nSPS) is 18.8. The van der Waals surface area contributed by atoms with E-state index in [9.17, 15) is 0 Å². The number of benzene rings is 1. The molecule has 0 amide bonds. The fourth-order valence-electron chi connectivity index (χ4n) is 2.70. The lowest BCUT2D eigenvalue weighted by molar-refractivity contribution is 0.104. The molecule has 1 atom stereocenters. The van der Waals surface area contributed by atoms with Gasteiger partial charge in [-0.15, -0.1) is 0 Å². The van der Waals surface area contributed by atoms with Crippen LogP contribution >= 0.6 is 15.9 Å². The summed E-state index contributed by atoms with van der Waals surface area (Å²) in [7, 11) is 0. The second-order valence-corrected chi connectivity index (χ2v) is 6.06. The highest BCUT2D eigenvalue weighted by atomic mass is 79.9. The van der Waals surface area contributed by atoms with Crippen molar-refractivity contribution in [2.24, 2.45) is 0 Å². The Hall–Kier alpha value is -0.970. The standard InChI is InChI=1S/C16H19BrN2O/c17-15-6-5-12(16-14(15)4-1-8-19-16)11-18-9-7-13-3-2-10-20-13/h1,4-6,8,13,18H,2-3,7,9-11H2. The number of aromatic nitrogens is 1. The molecule has 3 rings (SSSR count). The molecule has 1 aromatic heterocycles. The van der Waals surface area contributed by atoms with Gasteiger partial charge in [0.25, 0.3) is 0 Å². The van der Waals surface area contributed by atoms with Crippen molar-refractivity contribution in [3.05, 3.63) is 40.5 Å². The van der Waals surface area contributed by atoms with Crippen molar-refractivity contribution in [3.8, 4) is 0 Å². The second-order valence-electron chi connectivity index (χ2n) is 5.21. The zero-order valence-corrected chi connectivity index (χ0v) is 13.0. The first-order valence-corrected chi connectivity index (χ1v) is 7.98. The topological polar surface area (TPSA) is 34.1 Å². The van der Waals surface area contributed by atoms with E-state index in [1.165, 1.54) is 23.8 Å². The quantitative estimate of drug-likeness (QED) is 0.847. The summed E-state index contributed by atoms with van der Waals surface area (Å²) in [6.07, 6.45) is 5.84. The van der Waals surface area contributed by atoms with E-state index in [0.717, 1.165) is 36.1 Å². The monoisotopic (exact) mass is 334 g/mol. The van der Waals surface area contributed by atoms with Crippen molar-refractivity contribution in [3.63, 3.8) is 0 Å². The van der Waals surface area contributed by atoms with Gasteiger partial charge in [0.05, 0.1) is 11.6 Å². The summed E-state index contributed by atoms with van der Waals surface area (Å²) in [5.74, 6) is 0. The molecule has 1 aliphatic heterocycles. The third kappa shape index (κ3) is 3.19. The highest BCUT2D eigenvalue weighted by Gasteiger charge is 2.14. The molecule has 0 aliphatic carbocycles. The van der Waals surface area contributed by atoms with Crippen LogP contribution in [0.3, 0.4) is 0 Å². The van der Waals surface area contributed by atoms with Crippen molar-refractivity contribution in [2.45, 2.75) is 31.9 Å². The molecular formula is C16H19BrN2O. The van der Waals surface area contributed by atoms with E-state index in [1.54, 1.807) is 0 Å². The van der Waals surface area contributed by atoms with Gasteiger partial charge in [-0.25, -0.2) is 0 Å². The number of fused-ring (bicyclic) bond motifs is 1. The Bertz CT molecular complexity index is 582. The summed E-state index contributed by atoms with van der Waals surface area (Å²) in [6, 6.07) is 8.31. The van der Waals surface area contributed by atoms with Crippen LogP contribution in [0.5, 0.6) is 0 Å². The van der Waals surface area contributed by atoms with Crippen molar-refractivity contribution >= 4 is 26.8 Å². The number of hydrogen-bond donors (Lipinski definition) is 1. The molecule has 0 bridgehead atoms. The van der Waals surface area contributed by atoms with E-state index in [-0.39, 0.29) is 0 Å². The van der Waals surface area contributed by atoms with E-state index >= 15 is 0 Å². The van der Waals surface area contributed by atoms with Gasteiger partial charge in [0.2, 0.25) is 0 Å². The van der Waals surface area contributed by atoms with Gasteiger partial charge in [-0.3, -0.25) is 4.98 Å². The average molecular weight is 335 g/mol. The van der Waals surface area contributed by atoms with Crippen LogP contribution in [0.2, 0.25) is 0 Å². The lowest BCUT2D eigenvalue weighted by Crippen LogP contribution is -2.20. The number of pyridine rings is 1. The fraction of sp³-hybridized carbons (Fsp3) is 0.438. The summed E-state index contributed by atoms with van der Waals surface area (Å²) >= 11 is 3.58. The smallest absolute Gasteiger partial charge is 0.0758 e. The van der Waals surface area contributed by atoms with Crippen molar-refractivity contribution < 1.29 is 4.74 Å². The number of nitrogens with zero attached hydrogens (tertiary/aromatic N) is 1. The molecular weight excluding hydrogens is 316 g/mol. The van der Waals surface area contributed by atoms with Crippen LogP contribution in [-0.2, 0) is 11.3 Å². The van der Waals surface area contributed by atoms with Crippen LogP contribution in [0.1, 0.15) is 24.8 Å². The van der Waals surface area contributed by atoms with E-state index in [4.69, 9.17) is 4.74 Å². The molecule has 0 radical (unpaired) electrons. The third-order valence-corrected chi connectivity index (χ3v) is 4.47. The maximum absolute atomic E-state index is 5.63. The van der Waals surface area contributed by atoms with E-state index < -0.39 is 0 Å². The number of hydrogen-bond acceptors (Lipinski definition) is 3. The maximum atomic E-state index is 5.63. The Labute approximate surface area is 127 Å². The number of ether oxygens (including phenoxy) is 1. The molecule has 3 nitrogen and oxygen atoms in total. The Morgan fingerprint density at radius 3 is 3.15 bits per heavy atom. The molecule has 1 saturated heterocycles. The number of rotatable bonds is 5. The Morgan fingerprint density at radius 2 is 2.30 bits per heavy atom. The molecule has 2 heterocycles. The van der Waals surface area contributed by atoms with Gasteiger partial charge in [0.1, 0.15) is 0 Å². The molecule has 1 fully saturated rings. The largest absolute Gasteiger partial charge is 0.378 e. The van der Waals surface area contributed by atoms with Crippen LogP contribution in [0, 0.1) is 0 Å². The lowest BCUT2D eigenvalue weighted by atomic mass is 10.1. The van der Waals surface area contributed by atoms with Crippen molar-refractivity contribution in [1.82, 2.24) is 10.3 Å². The molecule has 1 unspecified atom stereocenters. The maximum Gasteiger partial charge on any atom is 0.0758 e. The zero-order valence-electron chi connectivity index (χ0n) is 11.4. The van der Waals surface area contributed by atoms with Gasteiger partial charge >= 0.3 is 0 Å². The number of halogens is 1. The predicted octanol–water partition coefficient (Wildman–Crippen LogP) is 3.66. The van der Waals surface area contributed by atoms with Gasteiger partial charge in [-0.2, -0.15) is 0 Å². The first-order chi connectivity index (χ1) is 9.84. The van der Waals surface area contributed by atoms with Crippen LogP contribution in [0.15, 0.2) is 34.9 Å². The molecule has 1 N–H and O–H groups in total. The molecule has 4 heteroatoms. The van der Waals surface area contributed by atoms with Crippen molar-refractivity contribution in [2.75, 3.05) is 13.2 Å². The van der Waals surface area contributed by atoms with Gasteiger partial charge in [0.15, 0.2) is 0 Å². The highest BCUT2D eigenvalue weighted by molar-refractivity contribution is 9.10. The zero-order chi connectivity index (χ0) is 13.8. The first kappa shape index (κ1) is 14.0. The molecule has 0 spiro atoms. The van der Waals surface area contributed by atoms with E-state index in [1.807, 2.05) is 12.3 Å².